The second kappa shape index (κ2) is 6.00. The third-order valence-corrected chi connectivity index (χ3v) is 3.64. The zero-order valence-corrected chi connectivity index (χ0v) is 12.5. The fourth-order valence-corrected chi connectivity index (χ4v) is 2.53. The highest BCUT2D eigenvalue weighted by atomic mass is 32.1. The summed E-state index contributed by atoms with van der Waals surface area (Å²) in [5.41, 5.74) is 5.55. The number of thiazole rings is 1. The maximum absolute atomic E-state index is 12.2. The van der Waals surface area contributed by atoms with Gasteiger partial charge in [0.1, 0.15) is 17.0 Å². The van der Waals surface area contributed by atoms with Crippen LogP contribution in [-0.4, -0.2) is 25.7 Å². The first-order valence-corrected chi connectivity index (χ1v) is 7.15. The summed E-state index contributed by atoms with van der Waals surface area (Å²) in [5, 5.41) is 7.41. The number of amides is 1. The zero-order chi connectivity index (χ0) is 14.7. The van der Waals surface area contributed by atoms with Gasteiger partial charge < -0.3 is 11.1 Å². The minimum atomic E-state index is -0.187. The summed E-state index contributed by atoms with van der Waals surface area (Å²) in [5.74, 6) is 0.973. The Morgan fingerprint density at radius 1 is 1.50 bits per heavy atom. The molecule has 2 aromatic rings. The summed E-state index contributed by atoms with van der Waals surface area (Å²) in [6.45, 7) is 4.19. The number of carbonyl (C=O) groups is 1. The van der Waals surface area contributed by atoms with E-state index in [9.17, 15) is 4.79 Å². The van der Waals surface area contributed by atoms with Crippen LogP contribution in [0.15, 0.2) is 12.5 Å². The summed E-state index contributed by atoms with van der Waals surface area (Å²) in [4.78, 5) is 20.8. The predicted molar refractivity (Wildman–Crippen MR) is 77.2 cm³/mol. The standard InChI is InChI=1S/C12H18N6OS/c1-7(2)4-8(10-15-6-16-18(10)3)17-11(19)9-5-14-12(13)20-9/h5-8H,4H2,1-3H3,(H2,13,14)(H,17,19)/t8-/m0/s1. The third-order valence-electron chi connectivity index (χ3n) is 2.82. The van der Waals surface area contributed by atoms with E-state index in [0.717, 1.165) is 12.2 Å². The Labute approximate surface area is 121 Å². The molecule has 1 atom stereocenters. The van der Waals surface area contributed by atoms with Gasteiger partial charge in [-0.3, -0.25) is 9.48 Å². The zero-order valence-electron chi connectivity index (χ0n) is 11.7. The molecule has 108 valence electrons. The second-order valence-electron chi connectivity index (χ2n) is 4.96. The molecule has 7 nitrogen and oxygen atoms in total. The molecule has 2 aromatic heterocycles. The van der Waals surface area contributed by atoms with Crippen molar-refractivity contribution in [2.24, 2.45) is 13.0 Å². The number of hydrogen-bond acceptors (Lipinski definition) is 6. The van der Waals surface area contributed by atoms with E-state index in [1.807, 2.05) is 7.05 Å². The van der Waals surface area contributed by atoms with E-state index < -0.39 is 0 Å². The van der Waals surface area contributed by atoms with E-state index in [-0.39, 0.29) is 11.9 Å². The molecule has 0 aromatic carbocycles. The molecule has 8 heteroatoms. The molecule has 0 bridgehead atoms. The monoisotopic (exact) mass is 294 g/mol. The molecule has 0 unspecified atom stereocenters. The minimum absolute atomic E-state index is 0.182. The molecule has 0 saturated carbocycles. The Hall–Kier alpha value is -1.96. The molecule has 3 N–H and O–H groups in total. The van der Waals surface area contributed by atoms with Crippen molar-refractivity contribution in [1.82, 2.24) is 25.1 Å². The summed E-state index contributed by atoms with van der Waals surface area (Å²) in [6, 6.07) is -0.182. The lowest BCUT2D eigenvalue weighted by Gasteiger charge is -2.19. The summed E-state index contributed by atoms with van der Waals surface area (Å²) >= 11 is 1.17. The fraction of sp³-hybridized carbons (Fsp3) is 0.500. The van der Waals surface area contributed by atoms with Crippen molar-refractivity contribution in [2.75, 3.05) is 5.73 Å². The third kappa shape index (κ3) is 3.32. The van der Waals surface area contributed by atoms with Crippen molar-refractivity contribution in [1.29, 1.82) is 0 Å². The number of nitrogens with one attached hydrogen (secondary N) is 1. The molecule has 0 radical (unpaired) electrons. The molecule has 0 aliphatic rings. The Bertz CT molecular complexity index is 590. The predicted octanol–water partition coefficient (Wildman–Crippen LogP) is 1.37. The average Bonchev–Trinajstić information content (AvgIpc) is 2.96. The highest BCUT2D eigenvalue weighted by Gasteiger charge is 2.22. The minimum Gasteiger partial charge on any atom is -0.375 e. The maximum atomic E-state index is 12.2. The van der Waals surface area contributed by atoms with Crippen molar-refractivity contribution >= 4 is 22.4 Å². The lowest BCUT2D eigenvalue weighted by atomic mass is 10.0. The van der Waals surface area contributed by atoms with E-state index in [2.05, 4.69) is 34.2 Å². The van der Waals surface area contributed by atoms with Crippen molar-refractivity contribution in [3.05, 3.63) is 23.2 Å². The van der Waals surface area contributed by atoms with Gasteiger partial charge in [0.05, 0.1) is 12.2 Å². The number of nitrogen functional groups attached to an aromatic ring is 1. The van der Waals surface area contributed by atoms with Gasteiger partial charge in [0.15, 0.2) is 5.13 Å². The van der Waals surface area contributed by atoms with Crippen LogP contribution in [-0.2, 0) is 7.05 Å². The van der Waals surface area contributed by atoms with E-state index in [1.54, 1.807) is 4.68 Å². The van der Waals surface area contributed by atoms with Gasteiger partial charge in [0, 0.05) is 7.05 Å². The molecular formula is C12H18N6OS. The molecule has 0 aliphatic heterocycles. The van der Waals surface area contributed by atoms with Gasteiger partial charge in [0.25, 0.3) is 5.91 Å². The molecule has 0 aliphatic carbocycles. The van der Waals surface area contributed by atoms with Gasteiger partial charge in [-0.25, -0.2) is 9.97 Å². The molecule has 2 heterocycles. The molecule has 0 spiro atoms. The van der Waals surface area contributed by atoms with E-state index in [1.165, 1.54) is 23.9 Å². The number of aromatic nitrogens is 4. The molecular weight excluding hydrogens is 276 g/mol. The summed E-state index contributed by atoms with van der Waals surface area (Å²) in [7, 11) is 1.81. The number of rotatable bonds is 5. The van der Waals surface area contributed by atoms with Gasteiger partial charge in [-0.1, -0.05) is 25.2 Å². The van der Waals surface area contributed by atoms with Gasteiger partial charge in [-0.15, -0.1) is 0 Å². The van der Waals surface area contributed by atoms with Crippen molar-refractivity contribution in [3.63, 3.8) is 0 Å². The Balaban J connectivity index is 2.16. The molecule has 20 heavy (non-hydrogen) atoms. The van der Waals surface area contributed by atoms with Crippen LogP contribution in [0.3, 0.4) is 0 Å². The smallest absolute Gasteiger partial charge is 0.263 e. The van der Waals surface area contributed by atoms with Gasteiger partial charge in [0.2, 0.25) is 0 Å². The van der Waals surface area contributed by atoms with E-state index in [0.29, 0.717) is 15.9 Å². The number of carbonyl (C=O) groups excluding carboxylic acids is 1. The van der Waals surface area contributed by atoms with E-state index in [4.69, 9.17) is 5.73 Å². The number of nitrogens with zero attached hydrogens (tertiary/aromatic N) is 4. The van der Waals surface area contributed by atoms with Crippen LogP contribution in [0.25, 0.3) is 0 Å². The van der Waals surface area contributed by atoms with Crippen LogP contribution in [0.2, 0.25) is 0 Å². The highest BCUT2D eigenvalue weighted by molar-refractivity contribution is 7.17. The number of hydrogen-bond donors (Lipinski definition) is 2. The lowest BCUT2D eigenvalue weighted by molar-refractivity contribution is 0.0933. The first-order chi connectivity index (χ1) is 9.47. The molecule has 2 rings (SSSR count). The Morgan fingerprint density at radius 3 is 2.75 bits per heavy atom. The second-order valence-corrected chi connectivity index (χ2v) is 6.02. The van der Waals surface area contributed by atoms with Crippen LogP contribution >= 0.6 is 11.3 Å². The average molecular weight is 294 g/mol. The number of nitrogens with two attached hydrogens (primary N) is 1. The van der Waals surface area contributed by atoms with Crippen molar-refractivity contribution in [2.45, 2.75) is 26.3 Å². The molecule has 0 saturated heterocycles. The summed E-state index contributed by atoms with van der Waals surface area (Å²) in [6.07, 6.45) is 3.75. The van der Waals surface area contributed by atoms with Gasteiger partial charge in [-0.2, -0.15) is 5.10 Å². The van der Waals surface area contributed by atoms with Crippen LogP contribution < -0.4 is 11.1 Å². The molecule has 0 fully saturated rings. The van der Waals surface area contributed by atoms with Crippen molar-refractivity contribution in [3.8, 4) is 0 Å². The SMILES string of the molecule is CC(C)C[C@H](NC(=O)c1cnc(N)s1)c1ncnn1C. The van der Waals surface area contributed by atoms with Crippen LogP contribution in [0, 0.1) is 5.92 Å². The van der Waals surface area contributed by atoms with Gasteiger partial charge in [-0.05, 0) is 12.3 Å². The largest absolute Gasteiger partial charge is 0.375 e. The maximum Gasteiger partial charge on any atom is 0.263 e. The van der Waals surface area contributed by atoms with Crippen molar-refractivity contribution < 1.29 is 4.79 Å². The highest BCUT2D eigenvalue weighted by Crippen LogP contribution is 2.21. The number of anilines is 1. The normalized spacial score (nSPS) is 12.6. The van der Waals surface area contributed by atoms with Gasteiger partial charge >= 0.3 is 0 Å². The fourth-order valence-electron chi connectivity index (χ4n) is 1.94. The first-order valence-electron chi connectivity index (χ1n) is 6.33. The van der Waals surface area contributed by atoms with Crippen LogP contribution in [0.5, 0.6) is 0 Å². The lowest BCUT2D eigenvalue weighted by Crippen LogP contribution is -2.31. The first kappa shape index (κ1) is 14.4. The molecule has 1 amide bonds. The van der Waals surface area contributed by atoms with Crippen LogP contribution in [0.1, 0.15) is 41.8 Å². The quantitative estimate of drug-likeness (QED) is 0.867. The summed E-state index contributed by atoms with van der Waals surface area (Å²) < 4.78 is 1.67. The Kier molecular flexibility index (Phi) is 4.33. The van der Waals surface area contributed by atoms with E-state index >= 15 is 0 Å². The van der Waals surface area contributed by atoms with Crippen LogP contribution in [0.4, 0.5) is 5.13 Å². The number of aryl methyl sites for hydroxylation is 1. The topological polar surface area (TPSA) is 98.7 Å². The Morgan fingerprint density at radius 2 is 2.25 bits per heavy atom.